The van der Waals surface area contributed by atoms with Crippen LogP contribution in [0.15, 0.2) is 30.5 Å². The van der Waals surface area contributed by atoms with Crippen molar-refractivity contribution in [2.45, 2.75) is 10.7 Å². The van der Waals surface area contributed by atoms with Crippen LogP contribution in [-0.2, 0) is 10.7 Å². The first kappa shape index (κ1) is 10.8. The fraction of sp³-hybridized carbons (Fsp3) is 0.200. The first-order valence-electron chi connectivity index (χ1n) is 4.26. The van der Waals surface area contributed by atoms with E-state index in [2.05, 4.69) is 22.6 Å². The first-order valence-corrected chi connectivity index (χ1v) is 5.78. The number of fused-ring (bicyclic) bond motifs is 1. The molecule has 0 bridgehead atoms. The van der Waals surface area contributed by atoms with Gasteiger partial charge in [0.25, 0.3) is 0 Å². The van der Waals surface area contributed by atoms with Crippen LogP contribution >= 0.6 is 22.6 Å². The van der Waals surface area contributed by atoms with Crippen LogP contribution in [0.3, 0.4) is 0 Å². The molecule has 0 spiro atoms. The molecule has 2 aromatic rings. The van der Waals surface area contributed by atoms with E-state index < -0.39 is 6.30 Å². The lowest BCUT2D eigenvalue weighted by atomic mass is 10.2. The third kappa shape index (κ3) is 1.84. The van der Waals surface area contributed by atoms with Gasteiger partial charge in [0.15, 0.2) is 0 Å². The van der Waals surface area contributed by atoms with Gasteiger partial charge in [-0.25, -0.2) is 0 Å². The minimum Gasteiger partial charge on any atom is -0.259 e. The molecule has 0 fully saturated rings. The van der Waals surface area contributed by atoms with Crippen LogP contribution in [0.2, 0.25) is 0 Å². The topological polar surface area (TPSA) is 4.93 Å². The fourth-order valence-corrected chi connectivity index (χ4v) is 2.17. The van der Waals surface area contributed by atoms with Gasteiger partial charge in [-0.05, 0) is 11.6 Å². The minimum atomic E-state index is -4.34. The molecule has 0 saturated carbocycles. The molecule has 1 aromatic carbocycles. The van der Waals surface area contributed by atoms with E-state index in [1.54, 1.807) is 18.2 Å². The standard InChI is InChI=1S/C10H7F3IN/c11-10(12,13)15-6-7(5-14)8-3-1-2-4-9(8)15/h1-4,6H,5H2. The second-order valence-electron chi connectivity index (χ2n) is 3.14. The molecule has 0 aliphatic rings. The van der Waals surface area contributed by atoms with Crippen molar-refractivity contribution >= 4 is 33.5 Å². The highest BCUT2D eigenvalue weighted by atomic mass is 127. The van der Waals surface area contributed by atoms with Crippen LogP contribution in [0.1, 0.15) is 5.56 Å². The Hall–Kier alpha value is -0.720. The van der Waals surface area contributed by atoms with Crippen LogP contribution in [0, 0.1) is 0 Å². The first-order chi connectivity index (χ1) is 7.04. The third-order valence-corrected chi connectivity index (χ3v) is 3.03. The Morgan fingerprint density at radius 2 is 1.87 bits per heavy atom. The Morgan fingerprint density at radius 1 is 1.20 bits per heavy atom. The maximum Gasteiger partial charge on any atom is 0.488 e. The smallest absolute Gasteiger partial charge is 0.259 e. The summed E-state index contributed by atoms with van der Waals surface area (Å²) in [6, 6.07) is 6.56. The molecule has 2 rings (SSSR count). The van der Waals surface area contributed by atoms with E-state index >= 15 is 0 Å². The number of hydrogen-bond acceptors (Lipinski definition) is 0. The lowest BCUT2D eigenvalue weighted by Gasteiger charge is -2.08. The molecule has 5 heteroatoms. The van der Waals surface area contributed by atoms with Gasteiger partial charge in [0.2, 0.25) is 0 Å². The average molecular weight is 325 g/mol. The van der Waals surface area contributed by atoms with Crippen molar-refractivity contribution in [2.24, 2.45) is 0 Å². The molecule has 1 aromatic heterocycles. The van der Waals surface area contributed by atoms with Crippen molar-refractivity contribution in [3.8, 4) is 0 Å². The second kappa shape index (κ2) is 3.70. The molecule has 0 aliphatic carbocycles. The maximum absolute atomic E-state index is 12.6. The zero-order valence-corrected chi connectivity index (χ0v) is 9.71. The molecule has 0 aliphatic heterocycles. The van der Waals surface area contributed by atoms with Gasteiger partial charge in [-0.1, -0.05) is 40.8 Å². The number of hydrogen-bond donors (Lipinski definition) is 0. The molecule has 15 heavy (non-hydrogen) atoms. The van der Waals surface area contributed by atoms with Crippen LogP contribution < -0.4 is 0 Å². The normalized spacial score (nSPS) is 12.3. The molecule has 0 unspecified atom stereocenters. The van der Waals surface area contributed by atoms with Gasteiger partial charge in [-0.2, -0.15) is 0 Å². The van der Waals surface area contributed by atoms with E-state index in [1.165, 1.54) is 6.07 Å². The number of aromatic nitrogens is 1. The third-order valence-electron chi connectivity index (χ3n) is 2.21. The number of rotatable bonds is 1. The largest absolute Gasteiger partial charge is 0.488 e. The lowest BCUT2D eigenvalue weighted by molar-refractivity contribution is -0.200. The highest BCUT2D eigenvalue weighted by Gasteiger charge is 2.32. The quantitative estimate of drug-likeness (QED) is 0.551. The summed E-state index contributed by atoms with van der Waals surface area (Å²) in [5, 5.41) is 0.671. The number of benzene rings is 1. The fourth-order valence-electron chi connectivity index (χ4n) is 1.57. The number of alkyl halides is 4. The van der Waals surface area contributed by atoms with Crippen molar-refractivity contribution in [3.63, 3.8) is 0 Å². The molecule has 80 valence electrons. The van der Waals surface area contributed by atoms with Crippen LogP contribution in [-0.4, -0.2) is 4.57 Å². The minimum absolute atomic E-state index is 0.219. The Bertz CT molecular complexity index is 487. The van der Waals surface area contributed by atoms with Crippen LogP contribution in [0.25, 0.3) is 10.9 Å². The zero-order chi connectivity index (χ0) is 11.1. The molecule has 1 nitrogen and oxygen atoms in total. The van der Waals surface area contributed by atoms with E-state index in [0.29, 0.717) is 19.9 Å². The molecular weight excluding hydrogens is 318 g/mol. The predicted molar refractivity (Wildman–Crippen MR) is 61.0 cm³/mol. The van der Waals surface area contributed by atoms with Gasteiger partial charge < -0.3 is 0 Å². The Balaban J connectivity index is 2.76. The van der Waals surface area contributed by atoms with Gasteiger partial charge in [0, 0.05) is 16.0 Å². The van der Waals surface area contributed by atoms with Crippen molar-refractivity contribution in [1.82, 2.24) is 4.57 Å². The summed E-state index contributed by atoms with van der Waals surface area (Å²) in [5.41, 5.74) is 0.931. The molecule has 0 radical (unpaired) electrons. The van der Waals surface area contributed by atoms with E-state index in [4.69, 9.17) is 0 Å². The van der Waals surface area contributed by atoms with Gasteiger partial charge in [-0.3, -0.25) is 4.57 Å². The van der Waals surface area contributed by atoms with Gasteiger partial charge in [0.05, 0.1) is 5.52 Å². The Labute approximate surface area is 98.0 Å². The Morgan fingerprint density at radius 3 is 2.47 bits per heavy atom. The summed E-state index contributed by atoms with van der Waals surface area (Å²) >= 11 is 2.06. The molecule has 0 atom stereocenters. The SMILES string of the molecule is FC(F)(F)n1cc(CI)c2ccccc21. The molecule has 0 saturated heterocycles. The van der Waals surface area contributed by atoms with Crippen LogP contribution in [0.5, 0.6) is 0 Å². The lowest BCUT2D eigenvalue weighted by Crippen LogP contribution is -2.14. The zero-order valence-electron chi connectivity index (χ0n) is 7.55. The number of nitrogens with zero attached hydrogens (tertiary/aromatic N) is 1. The van der Waals surface area contributed by atoms with E-state index in [0.717, 1.165) is 6.20 Å². The summed E-state index contributed by atoms with van der Waals surface area (Å²) in [6.45, 7) is 0. The van der Waals surface area contributed by atoms with E-state index in [-0.39, 0.29) is 5.52 Å². The van der Waals surface area contributed by atoms with Crippen LogP contribution in [0.4, 0.5) is 13.2 Å². The summed E-state index contributed by atoms with van der Waals surface area (Å²) in [4.78, 5) is 0. The average Bonchev–Trinajstić information content (AvgIpc) is 2.55. The molecule has 0 amide bonds. The van der Waals surface area contributed by atoms with Crippen molar-refractivity contribution < 1.29 is 13.2 Å². The van der Waals surface area contributed by atoms with Gasteiger partial charge in [-0.15, -0.1) is 13.2 Å². The predicted octanol–water partition coefficient (Wildman–Crippen LogP) is 4.05. The second-order valence-corrected chi connectivity index (χ2v) is 3.91. The highest BCUT2D eigenvalue weighted by molar-refractivity contribution is 14.1. The van der Waals surface area contributed by atoms with Crippen molar-refractivity contribution in [1.29, 1.82) is 0 Å². The summed E-state index contributed by atoms with van der Waals surface area (Å²) in [7, 11) is 0. The van der Waals surface area contributed by atoms with Crippen molar-refractivity contribution in [2.75, 3.05) is 0 Å². The van der Waals surface area contributed by atoms with Crippen molar-refractivity contribution in [3.05, 3.63) is 36.0 Å². The number of halogens is 4. The molecular formula is C10H7F3IN. The highest BCUT2D eigenvalue weighted by Crippen LogP contribution is 2.31. The number of para-hydroxylation sites is 1. The monoisotopic (exact) mass is 325 g/mol. The summed E-state index contributed by atoms with van der Waals surface area (Å²) in [5.74, 6) is 0. The van der Waals surface area contributed by atoms with E-state index in [9.17, 15) is 13.2 Å². The summed E-state index contributed by atoms with van der Waals surface area (Å²) < 4.78 is 38.8. The summed E-state index contributed by atoms with van der Waals surface area (Å²) in [6.07, 6.45) is -3.18. The van der Waals surface area contributed by atoms with E-state index in [1.807, 2.05) is 0 Å². The molecule has 1 heterocycles. The Kier molecular flexibility index (Phi) is 2.66. The van der Waals surface area contributed by atoms with Gasteiger partial charge >= 0.3 is 6.30 Å². The van der Waals surface area contributed by atoms with Gasteiger partial charge in [0.1, 0.15) is 0 Å². The maximum atomic E-state index is 12.6. The molecule has 0 N–H and O–H groups in total.